The van der Waals surface area contributed by atoms with Crippen molar-refractivity contribution in [2.75, 3.05) is 12.4 Å². The number of ether oxygens (including phenoxy) is 1. The second kappa shape index (κ2) is 6.35. The van der Waals surface area contributed by atoms with E-state index in [2.05, 4.69) is 10.6 Å². The normalized spacial score (nSPS) is 22.1. The van der Waals surface area contributed by atoms with Gasteiger partial charge in [-0.1, -0.05) is 13.8 Å². The van der Waals surface area contributed by atoms with E-state index in [-0.39, 0.29) is 29.4 Å². The molecule has 2 N–H and O–H groups in total. The molecule has 0 spiro atoms. The maximum Gasteiger partial charge on any atom is 0.232 e. The van der Waals surface area contributed by atoms with Crippen LogP contribution in [0.3, 0.4) is 0 Å². The minimum atomic E-state index is -0.741. The summed E-state index contributed by atoms with van der Waals surface area (Å²) in [7, 11) is 1.57. The molecule has 2 aliphatic rings. The first-order valence-corrected chi connectivity index (χ1v) is 8.30. The molecule has 1 aromatic rings. The van der Waals surface area contributed by atoms with Crippen molar-refractivity contribution in [3.8, 4) is 5.75 Å². The Morgan fingerprint density at radius 1 is 1.20 bits per heavy atom. The fourth-order valence-electron chi connectivity index (χ4n) is 3.48. The fourth-order valence-corrected chi connectivity index (χ4v) is 3.48. The molecule has 1 aliphatic carbocycles. The summed E-state index contributed by atoms with van der Waals surface area (Å²) in [6.45, 7) is 3.98. The molecule has 2 amide bonds. The lowest BCUT2D eigenvalue weighted by Crippen LogP contribution is -2.44. The van der Waals surface area contributed by atoms with Crippen molar-refractivity contribution in [1.82, 2.24) is 5.32 Å². The number of Topliss-reactive ketones (excluding diaryl/α,β-unsaturated/α-hetero) is 1. The Morgan fingerprint density at radius 3 is 2.52 bits per heavy atom. The Balaban J connectivity index is 1.85. The molecule has 0 radical (unpaired) electrons. The molecule has 6 nitrogen and oxygen atoms in total. The Bertz CT molecular complexity index is 762. The SMILES string of the molecule is COc1ccc(NC(=O)[C@@H]2CC(=O)NC3=C2C(=O)CC(C)(C)C3)cc1. The van der Waals surface area contributed by atoms with E-state index < -0.39 is 5.92 Å². The first-order chi connectivity index (χ1) is 11.8. The summed E-state index contributed by atoms with van der Waals surface area (Å²) in [4.78, 5) is 37.3. The smallest absolute Gasteiger partial charge is 0.232 e. The second-order valence-corrected chi connectivity index (χ2v) is 7.36. The van der Waals surface area contributed by atoms with Crippen LogP contribution in [-0.2, 0) is 14.4 Å². The van der Waals surface area contributed by atoms with Gasteiger partial charge in [-0.2, -0.15) is 0 Å². The highest BCUT2D eigenvalue weighted by molar-refractivity contribution is 6.09. The van der Waals surface area contributed by atoms with Crippen molar-refractivity contribution in [3.05, 3.63) is 35.5 Å². The maximum absolute atomic E-state index is 12.7. The number of rotatable bonds is 3. The number of methoxy groups -OCH3 is 1. The minimum absolute atomic E-state index is 0.00695. The largest absolute Gasteiger partial charge is 0.497 e. The van der Waals surface area contributed by atoms with Gasteiger partial charge in [-0.25, -0.2) is 0 Å². The number of hydrogen-bond acceptors (Lipinski definition) is 4. The van der Waals surface area contributed by atoms with Gasteiger partial charge in [-0.05, 0) is 36.1 Å². The number of allylic oxidation sites excluding steroid dienone is 1. The highest BCUT2D eigenvalue weighted by Gasteiger charge is 2.42. The van der Waals surface area contributed by atoms with Gasteiger partial charge in [0.15, 0.2) is 5.78 Å². The van der Waals surface area contributed by atoms with Gasteiger partial charge < -0.3 is 15.4 Å². The van der Waals surface area contributed by atoms with E-state index in [1.807, 2.05) is 13.8 Å². The molecule has 25 heavy (non-hydrogen) atoms. The molecule has 132 valence electrons. The van der Waals surface area contributed by atoms with Crippen LogP contribution in [0.5, 0.6) is 5.75 Å². The van der Waals surface area contributed by atoms with E-state index in [1.165, 1.54) is 0 Å². The van der Waals surface area contributed by atoms with E-state index in [9.17, 15) is 14.4 Å². The zero-order valence-corrected chi connectivity index (χ0v) is 14.6. The maximum atomic E-state index is 12.7. The van der Waals surface area contributed by atoms with E-state index in [0.29, 0.717) is 35.5 Å². The Morgan fingerprint density at radius 2 is 1.88 bits per heavy atom. The summed E-state index contributed by atoms with van der Waals surface area (Å²) in [5.41, 5.74) is 1.46. The lowest BCUT2D eigenvalue weighted by molar-refractivity contribution is -0.129. The number of nitrogens with one attached hydrogen (secondary N) is 2. The van der Waals surface area contributed by atoms with Crippen LogP contribution in [0.1, 0.15) is 33.1 Å². The predicted molar refractivity (Wildman–Crippen MR) is 92.9 cm³/mol. The third-order valence-corrected chi connectivity index (χ3v) is 4.62. The second-order valence-electron chi connectivity index (χ2n) is 7.36. The number of carbonyl (C=O) groups is 3. The monoisotopic (exact) mass is 342 g/mol. The lowest BCUT2D eigenvalue weighted by Gasteiger charge is -2.37. The van der Waals surface area contributed by atoms with Crippen molar-refractivity contribution in [2.45, 2.75) is 33.1 Å². The molecule has 0 bridgehead atoms. The fraction of sp³-hybridized carbons (Fsp3) is 0.421. The van der Waals surface area contributed by atoms with Gasteiger partial charge in [-0.3, -0.25) is 14.4 Å². The topological polar surface area (TPSA) is 84.5 Å². The zero-order valence-electron chi connectivity index (χ0n) is 14.6. The number of amides is 2. The molecule has 1 aromatic carbocycles. The van der Waals surface area contributed by atoms with Gasteiger partial charge in [-0.15, -0.1) is 0 Å². The lowest BCUT2D eigenvalue weighted by atomic mass is 9.71. The van der Waals surface area contributed by atoms with Crippen molar-refractivity contribution < 1.29 is 19.1 Å². The minimum Gasteiger partial charge on any atom is -0.497 e. The van der Waals surface area contributed by atoms with Gasteiger partial charge >= 0.3 is 0 Å². The van der Waals surface area contributed by atoms with Crippen LogP contribution < -0.4 is 15.4 Å². The molecule has 1 atom stereocenters. The molecule has 6 heteroatoms. The van der Waals surface area contributed by atoms with Crippen LogP contribution in [0.2, 0.25) is 0 Å². The van der Waals surface area contributed by atoms with Crippen LogP contribution in [0, 0.1) is 11.3 Å². The number of ketones is 1. The number of hydrogen-bond donors (Lipinski definition) is 2. The average Bonchev–Trinajstić information content (AvgIpc) is 2.53. The van der Waals surface area contributed by atoms with E-state index in [1.54, 1.807) is 31.4 Å². The molecule has 0 aromatic heterocycles. The van der Waals surface area contributed by atoms with Crippen LogP contribution in [0.25, 0.3) is 0 Å². The summed E-state index contributed by atoms with van der Waals surface area (Å²) >= 11 is 0. The molecule has 0 saturated carbocycles. The van der Waals surface area contributed by atoms with Gasteiger partial charge in [0.2, 0.25) is 11.8 Å². The molecule has 0 fully saturated rings. The Hall–Kier alpha value is -2.63. The molecule has 0 unspecified atom stereocenters. The molecular weight excluding hydrogens is 320 g/mol. The predicted octanol–water partition coefficient (Wildman–Crippen LogP) is 2.41. The van der Waals surface area contributed by atoms with E-state index in [4.69, 9.17) is 4.74 Å². The standard InChI is InChI=1S/C19H22N2O4/c1-19(2)9-14-17(15(22)10-19)13(8-16(23)21-14)18(24)20-11-4-6-12(25-3)7-5-11/h4-7,13H,8-10H2,1-3H3,(H,20,24)(H,21,23)/t13-/m1/s1. The third kappa shape index (κ3) is 3.57. The van der Waals surface area contributed by atoms with Gasteiger partial charge in [0.1, 0.15) is 5.75 Å². The molecular formula is C19H22N2O4. The van der Waals surface area contributed by atoms with Gasteiger partial charge in [0.05, 0.1) is 13.0 Å². The van der Waals surface area contributed by atoms with Crippen LogP contribution in [0.4, 0.5) is 5.69 Å². The van der Waals surface area contributed by atoms with Crippen molar-refractivity contribution in [1.29, 1.82) is 0 Å². The quantitative estimate of drug-likeness (QED) is 0.883. The Labute approximate surface area is 146 Å². The zero-order chi connectivity index (χ0) is 18.2. The van der Waals surface area contributed by atoms with E-state index in [0.717, 1.165) is 0 Å². The van der Waals surface area contributed by atoms with E-state index >= 15 is 0 Å². The summed E-state index contributed by atoms with van der Waals surface area (Å²) in [5.74, 6) is -0.667. The summed E-state index contributed by atoms with van der Waals surface area (Å²) in [5, 5.41) is 5.59. The van der Waals surface area contributed by atoms with Gasteiger partial charge in [0.25, 0.3) is 0 Å². The van der Waals surface area contributed by atoms with Crippen molar-refractivity contribution in [2.24, 2.45) is 11.3 Å². The number of benzene rings is 1. The number of carbonyl (C=O) groups excluding carboxylic acids is 3. The summed E-state index contributed by atoms with van der Waals surface area (Å²) in [6, 6.07) is 6.92. The summed E-state index contributed by atoms with van der Waals surface area (Å²) in [6.07, 6.45) is 0.965. The van der Waals surface area contributed by atoms with Crippen LogP contribution in [0.15, 0.2) is 35.5 Å². The first kappa shape index (κ1) is 17.2. The molecule has 3 rings (SSSR count). The molecule has 1 heterocycles. The molecule has 1 aliphatic heterocycles. The number of anilines is 1. The first-order valence-electron chi connectivity index (χ1n) is 8.30. The van der Waals surface area contributed by atoms with Crippen molar-refractivity contribution >= 4 is 23.3 Å². The summed E-state index contributed by atoms with van der Waals surface area (Å²) < 4.78 is 5.09. The van der Waals surface area contributed by atoms with Gasteiger partial charge in [0, 0.05) is 29.8 Å². The average molecular weight is 342 g/mol. The third-order valence-electron chi connectivity index (χ3n) is 4.62. The Kier molecular flexibility index (Phi) is 4.37. The van der Waals surface area contributed by atoms with Crippen LogP contribution >= 0.6 is 0 Å². The highest BCUT2D eigenvalue weighted by Crippen LogP contribution is 2.40. The highest BCUT2D eigenvalue weighted by atomic mass is 16.5. The van der Waals surface area contributed by atoms with Crippen molar-refractivity contribution in [3.63, 3.8) is 0 Å². The van der Waals surface area contributed by atoms with Crippen LogP contribution in [-0.4, -0.2) is 24.7 Å². The molecule has 0 saturated heterocycles.